The Morgan fingerprint density at radius 1 is 0.947 bits per heavy atom. The van der Waals surface area contributed by atoms with Gasteiger partial charge >= 0.3 is 0 Å². The number of aromatic nitrogens is 2. The van der Waals surface area contributed by atoms with Gasteiger partial charge in [-0.05, 0) is 75.0 Å². The second-order valence-corrected chi connectivity index (χ2v) is 17.0. The smallest absolute Gasteiger partial charge is 0.245 e. The van der Waals surface area contributed by atoms with E-state index in [1.807, 2.05) is 63.1 Å². The molecule has 57 heavy (non-hydrogen) atoms. The van der Waals surface area contributed by atoms with E-state index in [2.05, 4.69) is 39.3 Å². The molecular weight excluding hydrogens is 723 g/mol. The SMILES string of the molecule is CCC(C)C(C(CC(=O)N1CCC[C@H]1C(OC)C(C)C(=O)NC(Cc1ccccc1)c1ncccn1)OC)N(C)C(=O)C(NC(=O)[C@@H]1[C@H]2CC[C@H](C2)N1C)C(C)C. The summed E-state index contributed by atoms with van der Waals surface area (Å²) in [7, 11) is 6.97. The van der Waals surface area contributed by atoms with E-state index in [1.165, 1.54) is 0 Å². The van der Waals surface area contributed by atoms with Gasteiger partial charge in [-0.2, -0.15) is 0 Å². The number of piperidine rings is 1. The van der Waals surface area contributed by atoms with Crippen molar-refractivity contribution in [2.24, 2.45) is 23.7 Å². The molecule has 1 saturated carbocycles. The Balaban J connectivity index is 1.27. The summed E-state index contributed by atoms with van der Waals surface area (Å²) in [4.78, 5) is 71.0. The van der Waals surface area contributed by atoms with Crippen LogP contribution < -0.4 is 10.6 Å². The van der Waals surface area contributed by atoms with Gasteiger partial charge in [0.25, 0.3) is 0 Å². The van der Waals surface area contributed by atoms with E-state index < -0.39 is 36.3 Å². The molecule has 0 spiro atoms. The second kappa shape index (κ2) is 20.2. The lowest BCUT2D eigenvalue weighted by atomic mass is 9.89. The van der Waals surface area contributed by atoms with Crippen molar-refractivity contribution < 1.29 is 28.7 Å². The second-order valence-electron chi connectivity index (χ2n) is 17.0. The number of rotatable bonds is 19. The van der Waals surface area contributed by atoms with Crippen LogP contribution in [0.25, 0.3) is 0 Å². The van der Waals surface area contributed by atoms with Gasteiger partial charge in [-0.15, -0.1) is 0 Å². The minimum atomic E-state index is -0.714. The Labute approximate surface area is 340 Å². The molecule has 2 saturated heterocycles. The first-order valence-corrected chi connectivity index (χ1v) is 21.1. The van der Waals surface area contributed by atoms with Crippen LogP contribution in [-0.2, 0) is 35.1 Å². The zero-order valence-corrected chi connectivity index (χ0v) is 35.6. The summed E-state index contributed by atoms with van der Waals surface area (Å²) >= 11 is 0. The summed E-state index contributed by atoms with van der Waals surface area (Å²) in [6.07, 6.45) is 8.16. The average molecular weight is 790 g/mol. The summed E-state index contributed by atoms with van der Waals surface area (Å²) in [5.74, 6) is -0.477. The van der Waals surface area contributed by atoms with Crippen LogP contribution in [0.15, 0.2) is 48.8 Å². The number of ether oxygens (including phenoxy) is 2. The van der Waals surface area contributed by atoms with E-state index >= 15 is 0 Å². The van der Waals surface area contributed by atoms with Gasteiger partial charge in [0.1, 0.15) is 6.04 Å². The van der Waals surface area contributed by atoms with E-state index in [-0.39, 0.29) is 54.0 Å². The molecule has 13 heteroatoms. The van der Waals surface area contributed by atoms with Crippen molar-refractivity contribution in [1.29, 1.82) is 0 Å². The number of likely N-dealkylation sites (tertiary alicyclic amines) is 2. The van der Waals surface area contributed by atoms with Crippen molar-refractivity contribution in [2.75, 3.05) is 34.9 Å². The topological polar surface area (TPSA) is 146 Å². The summed E-state index contributed by atoms with van der Waals surface area (Å²) in [6.45, 7) is 10.4. The fourth-order valence-corrected chi connectivity index (χ4v) is 9.74. The first kappa shape index (κ1) is 44.2. The molecule has 3 fully saturated rings. The number of carbonyl (C=O) groups excluding carboxylic acids is 4. The van der Waals surface area contributed by atoms with Crippen LogP contribution in [0.1, 0.15) is 97.0 Å². The van der Waals surface area contributed by atoms with Crippen LogP contribution in [0.4, 0.5) is 0 Å². The van der Waals surface area contributed by atoms with Crippen molar-refractivity contribution in [2.45, 2.75) is 134 Å². The molecule has 3 heterocycles. The van der Waals surface area contributed by atoms with Crippen LogP contribution in [0.3, 0.4) is 0 Å². The lowest BCUT2D eigenvalue weighted by molar-refractivity contribution is -0.148. The van der Waals surface area contributed by atoms with E-state index in [9.17, 15) is 19.2 Å². The number of nitrogens with zero attached hydrogens (tertiary/aromatic N) is 5. The van der Waals surface area contributed by atoms with Crippen LogP contribution >= 0.6 is 0 Å². The maximum Gasteiger partial charge on any atom is 0.245 e. The molecule has 4 amide bonds. The van der Waals surface area contributed by atoms with E-state index in [4.69, 9.17) is 9.47 Å². The average Bonchev–Trinajstić information content (AvgIpc) is 3.97. The molecule has 13 nitrogen and oxygen atoms in total. The molecule has 0 radical (unpaired) electrons. The highest BCUT2D eigenvalue weighted by atomic mass is 16.5. The number of benzene rings is 1. The summed E-state index contributed by atoms with van der Waals surface area (Å²) in [5.41, 5.74) is 1.04. The van der Waals surface area contributed by atoms with Gasteiger partial charge in [-0.25, -0.2) is 9.97 Å². The minimum absolute atomic E-state index is 0.000781. The van der Waals surface area contributed by atoms with Gasteiger partial charge in [0.2, 0.25) is 23.6 Å². The van der Waals surface area contributed by atoms with Crippen molar-refractivity contribution in [3.05, 3.63) is 60.2 Å². The quantitative estimate of drug-likeness (QED) is 0.211. The third-order valence-electron chi connectivity index (χ3n) is 13.2. The van der Waals surface area contributed by atoms with Crippen LogP contribution in [0.2, 0.25) is 0 Å². The molecule has 314 valence electrons. The highest BCUT2D eigenvalue weighted by molar-refractivity contribution is 5.90. The normalized spacial score (nSPS) is 24.4. The van der Waals surface area contributed by atoms with Gasteiger partial charge in [0.15, 0.2) is 5.82 Å². The fraction of sp³-hybridized carbons (Fsp3) is 0.682. The molecule has 2 bridgehead atoms. The van der Waals surface area contributed by atoms with Gasteiger partial charge in [0.05, 0.1) is 48.7 Å². The van der Waals surface area contributed by atoms with Crippen molar-refractivity contribution in [1.82, 2.24) is 35.3 Å². The maximum absolute atomic E-state index is 14.4. The summed E-state index contributed by atoms with van der Waals surface area (Å²) in [5, 5.41) is 6.33. The van der Waals surface area contributed by atoms with Crippen molar-refractivity contribution in [3.8, 4) is 0 Å². The summed E-state index contributed by atoms with van der Waals surface area (Å²) < 4.78 is 12.1. The Morgan fingerprint density at radius 3 is 2.25 bits per heavy atom. The number of amides is 4. The number of likely N-dealkylation sites (N-methyl/N-ethyl adjacent to an activating group) is 2. The number of methoxy groups -OCH3 is 2. The Hall–Kier alpha value is -3.94. The highest BCUT2D eigenvalue weighted by Crippen LogP contribution is 2.41. The number of nitrogens with one attached hydrogen (secondary N) is 2. The monoisotopic (exact) mass is 790 g/mol. The zero-order valence-electron chi connectivity index (χ0n) is 35.6. The van der Waals surface area contributed by atoms with Crippen molar-refractivity contribution >= 4 is 23.6 Å². The third kappa shape index (κ3) is 10.2. The number of hydrogen-bond donors (Lipinski definition) is 2. The molecule has 2 aromatic rings. The van der Waals surface area contributed by atoms with E-state index in [1.54, 1.807) is 44.6 Å². The lowest BCUT2D eigenvalue weighted by Crippen LogP contribution is -2.60. The van der Waals surface area contributed by atoms with Gasteiger partial charge in [-0.3, -0.25) is 24.1 Å². The first-order chi connectivity index (χ1) is 27.3. The molecule has 5 rings (SSSR count). The molecule has 1 aromatic carbocycles. The Morgan fingerprint density at radius 2 is 1.65 bits per heavy atom. The highest BCUT2D eigenvalue weighted by Gasteiger charge is 2.49. The van der Waals surface area contributed by atoms with Gasteiger partial charge in [0, 0.05) is 46.2 Å². The molecule has 7 unspecified atom stereocenters. The summed E-state index contributed by atoms with van der Waals surface area (Å²) in [6, 6.07) is 9.94. The Bertz CT molecular complexity index is 1630. The fourth-order valence-electron chi connectivity index (χ4n) is 9.74. The van der Waals surface area contributed by atoms with Crippen molar-refractivity contribution in [3.63, 3.8) is 0 Å². The maximum atomic E-state index is 14.4. The number of hydrogen-bond acceptors (Lipinski definition) is 9. The standard InChI is InChI=1S/C44H67N7O6/c1-10-28(4)38(50(7)44(55)37(27(2)3)48-43(54)39-31-19-20-32(25-31)49(39)6)35(56-8)26-36(52)51-23-14-18-34(51)40(57-9)29(5)42(53)47-33(41-45-21-15-22-46-41)24-30-16-12-11-13-17-30/h11-13,15-17,21-22,27-29,31-35,37-40H,10,14,18-20,23-26H2,1-9H3,(H,47,53)(H,48,54)/t28?,29?,31-,32+,33?,34-,35?,37?,38?,39-,40?/m0/s1. The molecule has 1 aromatic heterocycles. The third-order valence-corrected chi connectivity index (χ3v) is 13.2. The molecular formula is C44H67N7O6. The predicted molar refractivity (Wildman–Crippen MR) is 219 cm³/mol. The van der Waals surface area contributed by atoms with Crippen LogP contribution in [0.5, 0.6) is 0 Å². The molecule has 11 atom stereocenters. The largest absolute Gasteiger partial charge is 0.379 e. The molecule has 3 aliphatic rings. The minimum Gasteiger partial charge on any atom is -0.379 e. The van der Waals surface area contributed by atoms with E-state index in [0.717, 1.165) is 37.7 Å². The van der Waals surface area contributed by atoms with Gasteiger partial charge in [-0.1, -0.05) is 71.4 Å². The number of fused-ring (bicyclic) bond motifs is 2. The lowest BCUT2D eigenvalue weighted by Gasteiger charge is -2.41. The zero-order chi connectivity index (χ0) is 41.4. The molecule has 1 aliphatic carbocycles. The molecule has 2 N–H and O–H groups in total. The molecule has 2 aliphatic heterocycles. The van der Waals surface area contributed by atoms with Gasteiger partial charge < -0.3 is 29.9 Å². The Kier molecular flexibility index (Phi) is 15.6. The van der Waals surface area contributed by atoms with Crippen LogP contribution in [0, 0.1) is 23.7 Å². The van der Waals surface area contributed by atoms with Crippen LogP contribution in [-0.4, -0.2) is 126 Å². The van der Waals surface area contributed by atoms with E-state index in [0.29, 0.717) is 37.2 Å². The first-order valence-electron chi connectivity index (χ1n) is 21.1. The predicted octanol–water partition coefficient (Wildman–Crippen LogP) is 4.42. The number of carbonyl (C=O) groups is 4.